The Morgan fingerprint density at radius 1 is 1.57 bits per heavy atom. The molecule has 1 unspecified atom stereocenters. The lowest BCUT2D eigenvalue weighted by Crippen LogP contribution is -2.27. The molecule has 0 amide bonds. The van der Waals surface area contributed by atoms with E-state index in [0.29, 0.717) is 12.8 Å². The monoisotopic (exact) mass is 318 g/mol. The van der Waals surface area contributed by atoms with E-state index in [2.05, 4.69) is 10.3 Å². The second-order valence-electron chi connectivity index (χ2n) is 4.83. The standard InChI is InChI=1S/C11H16N3O5P.CH4/c1-14-3-2-12-10(11(14)16)13-8-4-7(6-15)9(5-8)19-20(17)18;/h2-3,7-9,15H,4-6H2,1H3,(H-,12,13,17,18);1H4/p+1/t7-,8-,9+;/m1./s1. The Hall–Kier alpha value is -1.34. The highest BCUT2D eigenvalue weighted by molar-refractivity contribution is 7.32. The molecule has 4 atom stereocenters. The van der Waals surface area contributed by atoms with E-state index in [9.17, 15) is 14.5 Å². The van der Waals surface area contributed by atoms with Crippen molar-refractivity contribution in [1.29, 1.82) is 0 Å². The molecule has 0 aliphatic heterocycles. The number of hydrogen-bond acceptors (Lipinski definition) is 6. The van der Waals surface area contributed by atoms with E-state index in [1.54, 1.807) is 13.2 Å². The van der Waals surface area contributed by atoms with Crippen LogP contribution in [0.15, 0.2) is 17.2 Å². The van der Waals surface area contributed by atoms with Crippen molar-refractivity contribution in [2.75, 3.05) is 11.9 Å². The van der Waals surface area contributed by atoms with Crippen LogP contribution in [0.3, 0.4) is 0 Å². The van der Waals surface area contributed by atoms with Crippen LogP contribution in [0, 0.1) is 5.92 Å². The summed E-state index contributed by atoms with van der Waals surface area (Å²) < 4.78 is 17.0. The zero-order valence-corrected chi connectivity index (χ0v) is 11.9. The van der Waals surface area contributed by atoms with Crippen molar-refractivity contribution in [2.24, 2.45) is 13.0 Å². The molecule has 8 nitrogen and oxygen atoms in total. The molecule has 1 heterocycles. The fourth-order valence-corrected chi connectivity index (χ4v) is 2.92. The van der Waals surface area contributed by atoms with Crippen LogP contribution >= 0.6 is 8.25 Å². The van der Waals surface area contributed by atoms with Crippen LogP contribution in [0.1, 0.15) is 20.3 Å². The van der Waals surface area contributed by atoms with Crippen LogP contribution in [0.2, 0.25) is 0 Å². The Morgan fingerprint density at radius 2 is 2.29 bits per heavy atom. The van der Waals surface area contributed by atoms with Gasteiger partial charge in [0.15, 0.2) is 5.82 Å². The fraction of sp³-hybridized carbons (Fsp3) is 0.667. The fourth-order valence-electron chi connectivity index (χ4n) is 2.43. The maximum absolute atomic E-state index is 11.8. The molecule has 118 valence electrons. The minimum Gasteiger partial charge on any atom is -0.396 e. The summed E-state index contributed by atoms with van der Waals surface area (Å²) in [6, 6.07) is -0.130. The average molecular weight is 318 g/mol. The SMILES string of the molecule is C.Cn1ccnc(N[C@@H]2C[C@H](CO)[C@@H](O[P+](=O)O)C2)c1=O. The van der Waals surface area contributed by atoms with Gasteiger partial charge in [0.1, 0.15) is 6.10 Å². The first-order valence-corrected chi connectivity index (χ1v) is 7.36. The molecular weight excluding hydrogens is 297 g/mol. The highest BCUT2D eigenvalue weighted by Gasteiger charge is 2.40. The van der Waals surface area contributed by atoms with E-state index in [1.165, 1.54) is 10.8 Å². The van der Waals surface area contributed by atoms with Gasteiger partial charge in [-0.2, -0.15) is 0 Å². The maximum Gasteiger partial charge on any atom is 0.695 e. The molecule has 1 saturated carbocycles. The van der Waals surface area contributed by atoms with E-state index < -0.39 is 14.4 Å². The van der Waals surface area contributed by atoms with Gasteiger partial charge in [0.2, 0.25) is 0 Å². The van der Waals surface area contributed by atoms with Gasteiger partial charge in [0, 0.05) is 42.6 Å². The molecule has 0 saturated heterocycles. The lowest BCUT2D eigenvalue weighted by molar-refractivity contribution is 0.106. The van der Waals surface area contributed by atoms with Crippen molar-refractivity contribution in [3.05, 3.63) is 22.7 Å². The third-order valence-electron chi connectivity index (χ3n) is 3.45. The number of aliphatic hydroxyl groups is 1. The van der Waals surface area contributed by atoms with Crippen molar-refractivity contribution >= 4 is 14.1 Å². The molecule has 0 bridgehead atoms. The summed E-state index contributed by atoms with van der Waals surface area (Å²) in [6.07, 6.45) is 3.55. The van der Waals surface area contributed by atoms with Crippen LogP contribution < -0.4 is 10.9 Å². The molecule has 1 aliphatic carbocycles. The quantitative estimate of drug-likeness (QED) is 0.682. The first-order valence-electron chi connectivity index (χ1n) is 6.23. The first-order chi connectivity index (χ1) is 9.51. The zero-order chi connectivity index (χ0) is 14.7. The third kappa shape index (κ3) is 4.31. The van der Waals surface area contributed by atoms with E-state index in [4.69, 9.17) is 9.42 Å². The van der Waals surface area contributed by atoms with Crippen molar-refractivity contribution < 1.29 is 19.1 Å². The Kier molecular flexibility index (Phi) is 6.42. The van der Waals surface area contributed by atoms with Gasteiger partial charge < -0.3 is 15.0 Å². The Balaban J connectivity index is 0.00000220. The van der Waals surface area contributed by atoms with Crippen LogP contribution in [-0.2, 0) is 16.1 Å². The van der Waals surface area contributed by atoms with Gasteiger partial charge in [-0.1, -0.05) is 7.43 Å². The summed E-state index contributed by atoms with van der Waals surface area (Å²) in [5.74, 6) is -0.00288. The molecule has 21 heavy (non-hydrogen) atoms. The number of anilines is 1. The first kappa shape index (κ1) is 17.7. The summed E-state index contributed by atoms with van der Waals surface area (Å²) in [7, 11) is -1.08. The normalized spacial score (nSPS) is 25.3. The van der Waals surface area contributed by atoms with Gasteiger partial charge in [0.25, 0.3) is 5.56 Å². The summed E-state index contributed by atoms with van der Waals surface area (Å²) in [5, 5.41) is 12.3. The lowest BCUT2D eigenvalue weighted by Gasteiger charge is -2.12. The number of aryl methyl sites for hydroxylation is 1. The Morgan fingerprint density at radius 3 is 2.90 bits per heavy atom. The van der Waals surface area contributed by atoms with Gasteiger partial charge in [-0.3, -0.25) is 4.79 Å². The van der Waals surface area contributed by atoms with Gasteiger partial charge >= 0.3 is 8.25 Å². The summed E-state index contributed by atoms with van der Waals surface area (Å²) in [5.41, 5.74) is -0.245. The number of rotatable bonds is 5. The number of nitrogens with one attached hydrogen (secondary N) is 1. The van der Waals surface area contributed by atoms with Crippen LogP contribution in [-0.4, -0.2) is 38.3 Å². The Labute approximate surface area is 123 Å². The van der Waals surface area contributed by atoms with E-state index in [1.807, 2.05) is 0 Å². The zero-order valence-electron chi connectivity index (χ0n) is 11.0. The molecule has 1 aliphatic rings. The third-order valence-corrected chi connectivity index (χ3v) is 3.90. The van der Waals surface area contributed by atoms with Crippen molar-refractivity contribution in [3.63, 3.8) is 0 Å². The second kappa shape index (κ2) is 7.61. The predicted octanol–water partition coefficient (Wildman–Crippen LogP) is 0.634. The molecule has 2 rings (SSSR count). The highest BCUT2D eigenvalue weighted by Crippen LogP contribution is 2.35. The smallest absolute Gasteiger partial charge is 0.396 e. The molecule has 0 aromatic carbocycles. The minimum atomic E-state index is -2.70. The van der Waals surface area contributed by atoms with Crippen LogP contribution in [0.4, 0.5) is 5.82 Å². The van der Waals surface area contributed by atoms with Crippen molar-refractivity contribution in [3.8, 4) is 0 Å². The minimum absolute atomic E-state index is 0. The molecule has 0 spiro atoms. The van der Waals surface area contributed by atoms with Crippen LogP contribution in [0.5, 0.6) is 0 Å². The van der Waals surface area contributed by atoms with E-state index in [0.717, 1.165) is 0 Å². The number of aliphatic hydroxyl groups excluding tert-OH is 1. The summed E-state index contributed by atoms with van der Waals surface area (Å²) >= 11 is 0. The molecule has 1 aromatic heterocycles. The van der Waals surface area contributed by atoms with Gasteiger partial charge in [-0.15, -0.1) is 9.42 Å². The predicted molar refractivity (Wildman–Crippen MR) is 78.1 cm³/mol. The molecule has 3 N–H and O–H groups in total. The van der Waals surface area contributed by atoms with Crippen LogP contribution in [0.25, 0.3) is 0 Å². The number of nitrogens with zero attached hydrogens (tertiary/aromatic N) is 2. The highest BCUT2D eigenvalue weighted by atomic mass is 31.1. The largest absolute Gasteiger partial charge is 0.695 e. The molecule has 1 aromatic rings. The van der Waals surface area contributed by atoms with Gasteiger partial charge in [-0.25, -0.2) is 4.98 Å². The maximum atomic E-state index is 11.8. The van der Waals surface area contributed by atoms with E-state index >= 15 is 0 Å². The average Bonchev–Trinajstić information content (AvgIpc) is 2.76. The van der Waals surface area contributed by atoms with Crippen molar-refractivity contribution in [2.45, 2.75) is 32.4 Å². The summed E-state index contributed by atoms with van der Waals surface area (Å²) in [4.78, 5) is 24.6. The van der Waals surface area contributed by atoms with Gasteiger partial charge in [-0.05, 0) is 12.8 Å². The second-order valence-corrected chi connectivity index (χ2v) is 5.52. The molecular formula is C12H21N3O5P+. The van der Waals surface area contributed by atoms with E-state index in [-0.39, 0.29) is 37.4 Å². The molecule has 1 fully saturated rings. The lowest BCUT2D eigenvalue weighted by atomic mass is 10.1. The summed E-state index contributed by atoms with van der Waals surface area (Å²) in [6.45, 7) is -0.133. The molecule has 0 radical (unpaired) electrons. The topological polar surface area (TPSA) is 114 Å². The van der Waals surface area contributed by atoms with Crippen molar-refractivity contribution in [1.82, 2.24) is 9.55 Å². The molecule has 9 heteroatoms. The Bertz CT molecular complexity index is 550. The number of aromatic nitrogens is 2. The van der Waals surface area contributed by atoms with Gasteiger partial charge in [0.05, 0.1) is 0 Å². The number of hydrogen-bond donors (Lipinski definition) is 3.